The highest BCUT2D eigenvalue weighted by Crippen LogP contribution is 2.20. The van der Waals surface area contributed by atoms with E-state index >= 15 is 0 Å². The number of hydrogen-bond acceptors (Lipinski definition) is 6. The fraction of sp³-hybridized carbons (Fsp3) is 0.294. The molecule has 0 saturated carbocycles. The maximum absolute atomic E-state index is 12.3. The quantitative estimate of drug-likeness (QED) is 0.785. The van der Waals surface area contributed by atoms with Crippen molar-refractivity contribution in [2.45, 2.75) is 27.2 Å². The van der Waals surface area contributed by atoms with Crippen molar-refractivity contribution in [2.75, 3.05) is 5.32 Å². The average Bonchev–Trinajstić information content (AvgIpc) is 2.94. The molecule has 1 amide bonds. The summed E-state index contributed by atoms with van der Waals surface area (Å²) in [4.78, 5) is 24.5. The normalized spacial score (nSPS) is 11.2. The van der Waals surface area contributed by atoms with Crippen LogP contribution in [0.2, 0.25) is 0 Å². The third-order valence-corrected chi connectivity index (χ3v) is 4.31. The lowest BCUT2D eigenvalue weighted by atomic mass is 10.1. The lowest BCUT2D eigenvalue weighted by Crippen LogP contribution is -2.15. The van der Waals surface area contributed by atoms with Gasteiger partial charge in [-0.2, -0.15) is 0 Å². The molecule has 2 heterocycles. The molecule has 0 spiro atoms. The second kappa shape index (κ2) is 6.52. The first-order valence-corrected chi connectivity index (χ1v) is 8.43. The van der Waals surface area contributed by atoms with E-state index in [0.717, 1.165) is 17.0 Å². The minimum absolute atomic E-state index is 0.0394. The zero-order valence-corrected chi connectivity index (χ0v) is 14.4. The summed E-state index contributed by atoms with van der Waals surface area (Å²) in [6.45, 7) is 6.01. The predicted octanol–water partition coefficient (Wildman–Crippen LogP) is 3.40. The molecular formula is C17H17N3O3S. The van der Waals surface area contributed by atoms with Crippen LogP contribution in [0, 0.1) is 12.8 Å². The van der Waals surface area contributed by atoms with Crippen LogP contribution in [0.5, 0.6) is 0 Å². The first-order chi connectivity index (χ1) is 11.4. The van der Waals surface area contributed by atoms with Gasteiger partial charge in [-0.15, -0.1) is 10.2 Å². The molecular weight excluding hydrogens is 326 g/mol. The van der Waals surface area contributed by atoms with Gasteiger partial charge in [0.1, 0.15) is 10.6 Å². The van der Waals surface area contributed by atoms with Crippen molar-refractivity contribution in [3.63, 3.8) is 0 Å². The van der Waals surface area contributed by atoms with Crippen LogP contribution >= 0.6 is 11.3 Å². The van der Waals surface area contributed by atoms with Crippen molar-refractivity contribution in [1.29, 1.82) is 0 Å². The molecule has 3 rings (SSSR count). The number of benzene rings is 1. The molecule has 1 N–H and O–H groups in total. The van der Waals surface area contributed by atoms with Gasteiger partial charge in [0.25, 0.3) is 5.91 Å². The SMILES string of the molecule is Cc1cccc2c(=O)cc(C(=O)Nc3nnc(CC(C)C)s3)oc12. The average molecular weight is 343 g/mol. The first kappa shape index (κ1) is 16.3. The summed E-state index contributed by atoms with van der Waals surface area (Å²) < 4.78 is 5.62. The highest BCUT2D eigenvalue weighted by atomic mass is 32.1. The van der Waals surface area contributed by atoms with Crippen LogP contribution in [0.25, 0.3) is 11.0 Å². The number of anilines is 1. The zero-order chi connectivity index (χ0) is 17.3. The Morgan fingerprint density at radius 1 is 1.33 bits per heavy atom. The molecule has 124 valence electrons. The fourth-order valence-electron chi connectivity index (χ4n) is 2.32. The monoisotopic (exact) mass is 343 g/mol. The van der Waals surface area contributed by atoms with E-state index in [9.17, 15) is 9.59 Å². The summed E-state index contributed by atoms with van der Waals surface area (Å²) in [5, 5.41) is 12.3. The summed E-state index contributed by atoms with van der Waals surface area (Å²) in [6.07, 6.45) is 0.803. The number of aromatic nitrogens is 2. The van der Waals surface area contributed by atoms with Gasteiger partial charge < -0.3 is 4.42 Å². The zero-order valence-electron chi connectivity index (χ0n) is 13.6. The molecule has 0 bridgehead atoms. The number of hydrogen-bond donors (Lipinski definition) is 1. The Morgan fingerprint density at radius 3 is 2.88 bits per heavy atom. The van der Waals surface area contributed by atoms with Crippen molar-refractivity contribution >= 4 is 33.3 Å². The molecule has 7 heteroatoms. The Labute approximate surface area is 142 Å². The van der Waals surface area contributed by atoms with Gasteiger partial charge in [0.15, 0.2) is 11.2 Å². The highest BCUT2D eigenvalue weighted by molar-refractivity contribution is 7.15. The molecule has 0 fully saturated rings. The van der Waals surface area contributed by atoms with Crippen LogP contribution in [-0.2, 0) is 6.42 Å². The topological polar surface area (TPSA) is 85.1 Å². The van der Waals surface area contributed by atoms with E-state index in [2.05, 4.69) is 29.4 Å². The minimum atomic E-state index is -0.510. The number of carbonyl (C=O) groups is 1. The maximum atomic E-state index is 12.3. The molecule has 0 radical (unpaired) electrons. The maximum Gasteiger partial charge on any atom is 0.293 e. The number of carbonyl (C=O) groups excluding carboxylic acids is 1. The number of fused-ring (bicyclic) bond motifs is 1. The lowest BCUT2D eigenvalue weighted by molar-refractivity contribution is 0.0997. The molecule has 0 saturated heterocycles. The summed E-state index contributed by atoms with van der Waals surface area (Å²) in [5.74, 6) is -0.0881. The van der Waals surface area contributed by atoms with Gasteiger partial charge in [-0.1, -0.05) is 37.3 Å². The summed E-state index contributed by atoms with van der Waals surface area (Å²) in [7, 11) is 0. The van der Waals surface area contributed by atoms with Gasteiger partial charge in [-0.25, -0.2) is 0 Å². The number of aryl methyl sites for hydroxylation is 1. The first-order valence-electron chi connectivity index (χ1n) is 7.61. The fourth-order valence-corrected chi connectivity index (χ4v) is 3.27. The Bertz CT molecular complexity index is 959. The highest BCUT2D eigenvalue weighted by Gasteiger charge is 2.16. The number of nitrogens with one attached hydrogen (secondary N) is 1. The Kier molecular flexibility index (Phi) is 4.44. The molecule has 0 aliphatic rings. The van der Waals surface area contributed by atoms with Crippen LogP contribution in [0.3, 0.4) is 0 Å². The number of rotatable bonds is 4. The smallest absolute Gasteiger partial charge is 0.293 e. The van der Waals surface area contributed by atoms with Gasteiger partial charge in [0.05, 0.1) is 5.39 Å². The summed E-state index contributed by atoms with van der Waals surface area (Å²) >= 11 is 1.32. The van der Waals surface area contributed by atoms with Crippen molar-refractivity contribution in [1.82, 2.24) is 10.2 Å². The third-order valence-electron chi connectivity index (χ3n) is 3.45. The Balaban J connectivity index is 1.87. The van der Waals surface area contributed by atoms with Gasteiger partial charge in [-0.05, 0) is 24.5 Å². The van der Waals surface area contributed by atoms with E-state index in [-0.39, 0.29) is 11.2 Å². The van der Waals surface area contributed by atoms with Crippen LogP contribution < -0.4 is 10.7 Å². The van der Waals surface area contributed by atoms with Gasteiger partial charge in [-0.3, -0.25) is 14.9 Å². The summed E-state index contributed by atoms with van der Waals surface area (Å²) in [5.41, 5.74) is 0.977. The van der Waals surface area contributed by atoms with E-state index in [4.69, 9.17) is 4.42 Å². The molecule has 24 heavy (non-hydrogen) atoms. The van der Waals surface area contributed by atoms with E-state index < -0.39 is 5.91 Å². The van der Waals surface area contributed by atoms with Crippen LogP contribution in [0.1, 0.15) is 35.0 Å². The molecule has 2 aromatic heterocycles. The standard InChI is InChI=1S/C17H17N3O3S/c1-9(2)7-14-19-20-17(24-14)18-16(22)13-8-12(21)11-6-4-5-10(3)15(11)23-13/h4-6,8-9H,7H2,1-3H3,(H,18,20,22). The van der Waals surface area contributed by atoms with E-state index in [1.54, 1.807) is 12.1 Å². The third kappa shape index (κ3) is 3.35. The molecule has 0 atom stereocenters. The molecule has 6 nitrogen and oxygen atoms in total. The summed E-state index contributed by atoms with van der Waals surface area (Å²) in [6, 6.07) is 6.49. The number of para-hydroxylation sites is 1. The van der Waals surface area contributed by atoms with E-state index in [0.29, 0.717) is 22.0 Å². The van der Waals surface area contributed by atoms with Crippen LogP contribution in [-0.4, -0.2) is 16.1 Å². The Hall–Kier alpha value is -2.54. The Morgan fingerprint density at radius 2 is 2.12 bits per heavy atom. The number of amides is 1. The number of nitrogens with zero attached hydrogens (tertiary/aromatic N) is 2. The van der Waals surface area contributed by atoms with E-state index in [1.165, 1.54) is 17.4 Å². The second-order valence-electron chi connectivity index (χ2n) is 5.98. The van der Waals surface area contributed by atoms with Crippen molar-refractivity contribution in [3.05, 3.63) is 50.8 Å². The van der Waals surface area contributed by atoms with Crippen LogP contribution in [0.15, 0.2) is 33.5 Å². The second-order valence-corrected chi connectivity index (χ2v) is 7.04. The molecule has 0 aliphatic carbocycles. The molecule has 0 unspecified atom stereocenters. The molecule has 1 aromatic carbocycles. The minimum Gasteiger partial charge on any atom is -0.450 e. The van der Waals surface area contributed by atoms with Gasteiger partial charge in [0.2, 0.25) is 5.13 Å². The van der Waals surface area contributed by atoms with Gasteiger partial charge in [0, 0.05) is 12.5 Å². The van der Waals surface area contributed by atoms with Gasteiger partial charge >= 0.3 is 0 Å². The van der Waals surface area contributed by atoms with Crippen molar-refractivity contribution in [3.8, 4) is 0 Å². The largest absolute Gasteiger partial charge is 0.450 e. The predicted molar refractivity (Wildman–Crippen MR) is 93.6 cm³/mol. The van der Waals surface area contributed by atoms with Crippen molar-refractivity contribution in [2.24, 2.45) is 5.92 Å². The lowest BCUT2D eigenvalue weighted by Gasteiger charge is -2.04. The van der Waals surface area contributed by atoms with Crippen molar-refractivity contribution < 1.29 is 9.21 Å². The molecule has 3 aromatic rings. The van der Waals surface area contributed by atoms with E-state index in [1.807, 2.05) is 13.0 Å². The molecule has 0 aliphatic heterocycles. The van der Waals surface area contributed by atoms with Crippen LogP contribution in [0.4, 0.5) is 5.13 Å².